The quantitative estimate of drug-likeness (QED) is 0.938. The maximum absolute atomic E-state index is 11.8. The van der Waals surface area contributed by atoms with Crippen molar-refractivity contribution in [3.8, 4) is 5.69 Å². The molecule has 110 valence electrons. The molecule has 2 aromatic rings. The third kappa shape index (κ3) is 3.56. The molecule has 1 N–H and O–H groups in total. The summed E-state index contributed by atoms with van der Waals surface area (Å²) in [6.45, 7) is 0. The Bertz CT molecular complexity index is 576. The summed E-state index contributed by atoms with van der Waals surface area (Å²) in [6.07, 6.45) is 6.62. The molecular weight excluding hydrogens is 270 g/mol. The first-order valence-electron chi connectivity index (χ1n) is 7.12. The molecule has 21 heavy (non-hydrogen) atoms. The molecule has 7 heteroatoms. The lowest BCUT2D eigenvalue weighted by Gasteiger charge is -2.21. The van der Waals surface area contributed by atoms with E-state index in [0.717, 1.165) is 31.4 Å². The summed E-state index contributed by atoms with van der Waals surface area (Å²) < 4.78 is 6.96. The fraction of sp³-hybridized carbons (Fsp3) is 0.429. The molecule has 0 atom stereocenters. The summed E-state index contributed by atoms with van der Waals surface area (Å²) >= 11 is 0. The lowest BCUT2D eigenvalue weighted by molar-refractivity contribution is 0.0865. The van der Waals surface area contributed by atoms with Gasteiger partial charge in [0.15, 0.2) is 0 Å². The third-order valence-corrected chi connectivity index (χ3v) is 3.55. The minimum Gasteiger partial charge on any atom is -0.446 e. The van der Waals surface area contributed by atoms with Crippen LogP contribution in [0.15, 0.2) is 30.6 Å². The van der Waals surface area contributed by atoms with E-state index in [9.17, 15) is 4.79 Å². The lowest BCUT2D eigenvalue weighted by atomic mass is 9.98. The molecular formula is C14H17N5O2. The molecule has 0 saturated heterocycles. The molecule has 1 heterocycles. The predicted octanol–water partition coefficient (Wildman–Crippen LogP) is 2.54. The fourth-order valence-electron chi connectivity index (χ4n) is 2.46. The smallest absolute Gasteiger partial charge is 0.411 e. The number of carbonyl (C=O) groups is 1. The van der Waals surface area contributed by atoms with Gasteiger partial charge in [-0.15, -0.1) is 5.10 Å². The van der Waals surface area contributed by atoms with Gasteiger partial charge in [0.2, 0.25) is 0 Å². The molecule has 1 aliphatic carbocycles. The van der Waals surface area contributed by atoms with Gasteiger partial charge in [0.1, 0.15) is 12.4 Å². The minimum absolute atomic E-state index is 0.0549. The van der Waals surface area contributed by atoms with Crippen LogP contribution in [0, 0.1) is 0 Å². The van der Waals surface area contributed by atoms with Gasteiger partial charge in [-0.05, 0) is 60.4 Å². The van der Waals surface area contributed by atoms with Crippen molar-refractivity contribution in [2.24, 2.45) is 0 Å². The van der Waals surface area contributed by atoms with Crippen LogP contribution in [0.1, 0.15) is 32.1 Å². The van der Waals surface area contributed by atoms with Gasteiger partial charge in [0, 0.05) is 5.69 Å². The Morgan fingerprint density at radius 2 is 1.95 bits per heavy atom. The van der Waals surface area contributed by atoms with E-state index >= 15 is 0 Å². The highest BCUT2D eigenvalue weighted by atomic mass is 16.6. The SMILES string of the molecule is O=C(Nc1ccc(-n2cnnn2)cc1)OC1CCCCC1. The molecule has 7 nitrogen and oxygen atoms in total. The Morgan fingerprint density at radius 1 is 1.19 bits per heavy atom. The van der Waals surface area contributed by atoms with E-state index in [1.807, 2.05) is 12.1 Å². The van der Waals surface area contributed by atoms with Crippen molar-refractivity contribution in [2.75, 3.05) is 5.32 Å². The van der Waals surface area contributed by atoms with Crippen molar-refractivity contribution >= 4 is 11.8 Å². The third-order valence-electron chi connectivity index (χ3n) is 3.55. The van der Waals surface area contributed by atoms with Crippen LogP contribution in [-0.4, -0.2) is 32.4 Å². The van der Waals surface area contributed by atoms with Gasteiger partial charge in [-0.3, -0.25) is 5.32 Å². The summed E-state index contributed by atoms with van der Waals surface area (Å²) in [5.74, 6) is 0. The van der Waals surface area contributed by atoms with E-state index in [2.05, 4.69) is 20.8 Å². The van der Waals surface area contributed by atoms with Crippen LogP contribution in [0.4, 0.5) is 10.5 Å². The second-order valence-electron chi connectivity index (χ2n) is 5.09. The van der Waals surface area contributed by atoms with Crippen molar-refractivity contribution in [1.82, 2.24) is 20.2 Å². The summed E-state index contributed by atoms with van der Waals surface area (Å²) in [4.78, 5) is 11.8. The van der Waals surface area contributed by atoms with Crippen molar-refractivity contribution in [2.45, 2.75) is 38.2 Å². The topological polar surface area (TPSA) is 81.9 Å². The van der Waals surface area contributed by atoms with E-state index in [1.54, 1.807) is 16.8 Å². The average Bonchev–Trinajstić information content (AvgIpc) is 3.03. The molecule has 3 rings (SSSR count). The number of tetrazole rings is 1. The van der Waals surface area contributed by atoms with Crippen LogP contribution in [0.2, 0.25) is 0 Å². The number of nitrogens with one attached hydrogen (secondary N) is 1. The van der Waals surface area contributed by atoms with Crippen LogP contribution < -0.4 is 5.32 Å². The van der Waals surface area contributed by atoms with Crippen molar-refractivity contribution in [1.29, 1.82) is 0 Å². The van der Waals surface area contributed by atoms with E-state index in [-0.39, 0.29) is 6.10 Å². The number of rotatable bonds is 3. The van der Waals surface area contributed by atoms with E-state index < -0.39 is 6.09 Å². The number of amides is 1. The zero-order valence-corrected chi connectivity index (χ0v) is 11.6. The summed E-state index contributed by atoms with van der Waals surface area (Å²) in [5, 5.41) is 13.7. The van der Waals surface area contributed by atoms with Crippen molar-refractivity contribution in [3.05, 3.63) is 30.6 Å². The number of aromatic nitrogens is 4. The predicted molar refractivity (Wildman–Crippen MR) is 76.1 cm³/mol. The first-order chi connectivity index (χ1) is 10.3. The zero-order valence-electron chi connectivity index (χ0n) is 11.6. The second kappa shape index (κ2) is 6.34. The zero-order chi connectivity index (χ0) is 14.5. The Labute approximate surface area is 122 Å². The highest BCUT2D eigenvalue weighted by Gasteiger charge is 2.17. The van der Waals surface area contributed by atoms with Crippen molar-refractivity contribution in [3.63, 3.8) is 0 Å². The maximum Gasteiger partial charge on any atom is 0.411 e. The Kier molecular flexibility index (Phi) is 4.09. The normalized spacial score (nSPS) is 15.6. The maximum atomic E-state index is 11.8. The first-order valence-corrected chi connectivity index (χ1v) is 7.12. The summed E-state index contributed by atoms with van der Waals surface area (Å²) in [7, 11) is 0. The molecule has 0 bridgehead atoms. The molecule has 1 saturated carbocycles. The van der Waals surface area contributed by atoms with Gasteiger partial charge in [-0.2, -0.15) is 0 Å². The van der Waals surface area contributed by atoms with Crippen LogP contribution in [0.25, 0.3) is 5.69 Å². The van der Waals surface area contributed by atoms with Gasteiger partial charge in [-0.25, -0.2) is 9.48 Å². The summed E-state index contributed by atoms with van der Waals surface area (Å²) in [5.41, 5.74) is 1.51. The van der Waals surface area contributed by atoms with E-state index in [1.165, 1.54) is 12.7 Å². The minimum atomic E-state index is -0.392. The number of nitrogens with zero attached hydrogens (tertiary/aromatic N) is 4. The van der Waals surface area contributed by atoms with Crippen LogP contribution in [0.3, 0.4) is 0 Å². The summed E-state index contributed by atoms with van der Waals surface area (Å²) in [6, 6.07) is 7.23. The Hall–Kier alpha value is -2.44. The number of hydrogen-bond donors (Lipinski definition) is 1. The van der Waals surface area contributed by atoms with E-state index in [4.69, 9.17) is 4.74 Å². The molecule has 0 spiro atoms. The molecule has 1 amide bonds. The monoisotopic (exact) mass is 287 g/mol. The first kappa shape index (κ1) is 13.5. The molecule has 0 aliphatic heterocycles. The molecule has 0 radical (unpaired) electrons. The number of benzene rings is 1. The van der Waals surface area contributed by atoms with Crippen LogP contribution >= 0.6 is 0 Å². The van der Waals surface area contributed by atoms with Gasteiger partial charge in [0.25, 0.3) is 0 Å². The van der Waals surface area contributed by atoms with Crippen LogP contribution in [-0.2, 0) is 4.74 Å². The largest absolute Gasteiger partial charge is 0.446 e. The Balaban J connectivity index is 1.56. The fourth-order valence-corrected chi connectivity index (χ4v) is 2.46. The van der Waals surface area contributed by atoms with E-state index in [0.29, 0.717) is 5.69 Å². The molecule has 1 aliphatic rings. The molecule has 1 fully saturated rings. The number of ether oxygens (including phenoxy) is 1. The highest BCUT2D eigenvalue weighted by Crippen LogP contribution is 2.21. The van der Waals surface area contributed by atoms with Gasteiger partial charge in [0.05, 0.1) is 5.69 Å². The average molecular weight is 287 g/mol. The van der Waals surface area contributed by atoms with Crippen LogP contribution in [0.5, 0.6) is 0 Å². The van der Waals surface area contributed by atoms with Gasteiger partial charge in [-0.1, -0.05) is 6.42 Å². The highest BCUT2D eigenvalue weighted by molar-refractivity contribution is 5.84. The standard InChI is InChI=1S/C14H17N5O2/c20-14(21-13-4-2-1-3-5-13)16-11-6-8-12(9-7-11)19-10-15-17-18-19/h6-10,13H,1-5H2,(H,16,20). The van der Waals surface area contributed by atoms with Gasteiger partial charge >= 0.3 is 6.09 Å². The Morgan fingerprint density at radius 3 is 2.62 bits per heavy atom. The molecule has 1 aromatic heterocycles. The lowest BCUT2D eigenvalue weighted by Crippen LogP contribution is -2.24. The number of carbonyl (C=O) groups excluding carboxylic acids is 1. The number of hydrogen-bond acceptors (Lipinski definition) is 5. The van der Waals surface area contributed by atoms with Gasteiger partial charge < -0.3 is 4.74 Å². The number of anilines is 1. The molecule has 1 aromatic carbocycles. The molecule has 0 unspecified atom stereocenters. The second-order valence-corrected chi connectivity index (χ2v) is 5.09. The van der Waals surface area contributed by atoms with Crippen molar-refractivity contribution < 1.29 is 9.53 Å².